The third-order valence-electron chi connectivity index (χ3n) is 5.54. The van der Waals surface area contributed by atoms with Crippen LogP contribution in [0.2, 0.25) is 0 Å². The van der Waals surface area contributed by atoms with Gasteiger partial charge in [0.25, 0.3) is 5.82 Å². The van der Waals surface area contributed by atoms with Gasteiger partial charge in [0.05, 0.1) is 6.54 Å². The Morgan fingerprint density at radius 3 is 2.07 bits per heavy atom. The van der Waals surface area contributed by atoms with Crippen molar-refractivity contribution in [1.29, 1.82) is 0 Å². The molecular formula is C25H41N2+. The molecule has 0 bridgehead atoms. The summed E-state index contributed by atoms with van der Waals surface area (Å²) in [6.07, 6.45) is 20.8. The van der Waals surface area contributed by atoms with Crippen LogP contribution >= 0.6 is 0 Å². The quantitative estimate of drug-likeness (QED) is 0.244. The van der Waals surface area contributed by atoms with Gasteiger partial charge >= 0.3 is 0 Å². The number of aromatic nitrogens is 2. The fourth-order valence-electron chi connectivity index (χ4n) is 3.86. The van der Waals surface area contributed by atoms with Crippen LogP contribution in [0.3, 0.4) is 0 Å². The first-order chi connectivity index (χ1) is 13.3. The van der Waals surface area contributed by atoms with Crippen molar-refractivity contribution < 1.29 is 4.57 Å². The topological polar surface area (TPSA) is 8.81 Å². The molecule has 0 radical (unpaired) electrons. The van der Waals surface area contributed by atoms with E-state index < -0.39 is 0 Å². The number of hydrogen-bond acceptors (Lipinski definition) is 0. The summed E-state index contributed by atoms with van der Waals surface area (Å²) >= 11 is 0. The number of unbranched alkanes of at least 4 members (excludes halogenated alkanes) is 9. The van der Waals surface area contributed by atoms with Crippen LogP contribution in [0.5, 0.6) is 0 Å². The molecule has 2 aromatic rings. The average molecular weight is 370 g/mol. The van der Waals surface area contributed by atoms with Gasteiger partial charge in [-0.1, -0.05) is 95.5 Å². The van der Waals surface area contributed by atoms with Gasteiger partial charge in [-0.25, -0.2) is 9.13 Å². The first-order valence-electron chi connectivity index (χ1n) is 11.5. The van der Waals surface area contributed by atoms with Gasteiger partial charge in [-0.05, 0) is 24.8 Å². The number of benzene rings is 1. The molecular weight excluding hydrogens is 328 g/mol. The lowest BCUT2D eigenvalue weighted by Crippen LogP contribution is -2.37. The van der Waals surface area contributed by atoms with Crippen LogP contribution in [0.15, 0.2) is 42.7 Å². The molecule has 0 saturated carbocycles. The van der Waals surface area contributed by atoms with Crippen LogP contribution in [0.1, 0.15) is 95.9 Å². The predicted molar refractivity (Wildman–Crippen MR) is 116 cm³/mol. The lowest BCUT2D eigenvalue weighted by Gasteiger charge is -2.06. The Morgan fingerprint density at radius 1 is 0.741 bits per heavy atom. The van der Waals surface area contributed by atoms with E-state index in [9.17, 15) is 0 Å². The van der Waals surface area contributed by atoms with Crippen LogP contribution in [-0.4, -0.2) is 4.57 Å². The molecule has 2 nitrogen and oxygen atoms in total. The van der Waals surface area contributed by atoms with E-state index in [2.05, 4.69) is 65.7 Å². The summed E-state index contributed by atoms with van der Waals surface area (Å²) in [7, 11) is 0. The monoisotopic (exact) mass is 369 g/mol. The van der Waals surface area contributed by atoms with Crippen molar-refractivity contribution in [3.05, 3.63) is 54.1 Å². The maximum absolute atomic E-state index is 2.53. The fraction of sp³-hybridized carbons (Fsp3) is 0.640. The molecule has 0 aliphatic carbocycles. The summed E-state index contributed by atoms with van der Waals surface area (Å²) in [6, 6.07) is 10.9. The molecule has 0 spiro atoms. The van der Waals surface area contributed by atoms with Gasteiger partial charge in [0.1, 0.15) is 18.9 Å². The highest BCUT2D eigenvalue weighted by molar-refractivity contribution is 5.15. The minimum absolute atomic E-state index is 0.994. The van der Waals surface area contributed by atoms with E-state index in [1.54, 1.807) is 0 Å². The minimum Gasteiger partial charge on any atom is -0.234 e. The molecule has 0 fully saturated rings. The molecule has 27 heavy (non-hydrogen) atoms. The summed E-state index contributed by atoms with van der Waals surface area (Å²) in [6.45, 7) is 6.75. The van der Waals surface area contributed by atoms with Crippen molar-refractivity contribution in [3.63, 3.8) is 0 Å². The summed E-state index contributed by atoms with van der Waals surface area (Å²) < 4.78 is 5.00. The van der Waals surface area contributed by atoms with Crippen LogP contribution in [-0.2, 0) is 19.5 Å². The van der Waals surface area contributed by atoms with Gasteiger partial charge in [0, 0.05) is 6.42 Å². The predicted octanol–water partition coefficient (Wildman–Crippen LogP) is 6.70. The maximum Gasteiger partial charge on any atom is 0.256 e. The summed E-state index contributed by atoms with van der Waals surface area (Å²) in [5, 5.41) is 0. The molecule has 150 valence electrons. The van der Waals surface area contributed by atoms with E-state index in [1.807, 2.05) is 0 Å². The highest BCUT2D eigenvalue weighted by atomic mass is 15.1. The zero-order valence-electron chi connectivity index (χ0n) is 17.8. The first-order valence-corrected chi connectivity index (χ1v) is 11.5. The number of rotatable bonds is 15. The van der Waals surface area contributed by atoms with E-state index in [-0.39, 0.29) is 0 Å². The molecule has 0 N–H and O–H groups in total. The summed E-state index contributed by atoms with van der Waals surface area (Å²) in [5.41, 5.74) is 1.39. The third kappa shape index (κ3) is 8.32. The molecule has 1 aromatic carbocycles. The van der Waals surface area contributed by atoms with Crippen LogP contribution < -0.4 is 4.57 Å². The number of hydrogen-bond donors (Lipinski definition) is 0. The maximum atomic E-state index is 2.53. The number of nitrogens with zero attached hydrogens (tertiary/aromatic N) is 2. The molecule has 0 aliphatic heterocycles. The van der Waals surface area contributed by atoms with Gasteiger partial charge in [-0.3, -0.25) is 0 Å². The Bertz CT molecular complexity index is 600. The highest BCUT2D eigenvalue weighted by Crippen LogP contribution is 2.11. The molecule has 2 heteroatoms. The van der Waals surface area contributed by atoms with Crippen molar-refractivity contribution in [1.82, 2.24) is 4.57 Å². The van der Waals surface area contributed by atoms with Crippen molar-refractivity contribution in [3.8, 4) is 0 Å². The Balaban J connectivity index is 1.89. The Kier molecular flexibility index (Phi) is 10.9. The Labute approximate surface area is 167 Å². The van der Waals surface area contributed by atoms with Crippen molar-refractivity contribution in [2.24, 2.45) is 0 Å². The number of aryl methyl sites for hydroxylation is 1. The van der Waals surface area contributed by atoms with Gasteiger partial charge < -0.3 is 0 Å². The molecule has 1 aromatic heterocycles. The van der Waals surface area contributed by atoms with Crippen LogP contribution in [0.4, 0.5) is 0 Å². The fourth-order valence-corrected chi connectivity index (χ4v) is 3.86. The van der Waals surface area contributed by atoms with E-state index in [4.69, 9.17) is 0 Å². The number of imidazole rings is 1. The minimum atomic E-state index is 0.994. The zero-order chi connectivity index (χ0) is 19.2. The lowest BCUT2D eigenvalue weighted by molar-refractivity contribution is -0.704. The highest BCUT2D eigenvalue weighted by Gasteiger charge is 2.16. The smallest absolute Gasteiger partial charge is 0.234 e. The molecule has 1 heterocycles. The molecule has 0 saturated heterocycles. The Hall–Kier alpha value is -1.57. The van der Waals surface area contributed by atoms with Gasteiger partial charge in [0.15, 0.2) is 0 Å². The zero-order valence-corrected chi connectivity index (χ0v) is 17.8. The average Bonchev–Trinajstić information content (AvgIpc) is 3.07. The molecule has 2 rings (SSSR count). The largest absolute Gasteiger partial charge is 0.256 e. The lowest BCUT2D eigenvalue weighted by atomic mass is 10.1. The third-order valence-corrected chi connectivity index (χ3v) is 5.54. The van der Waals surface area contributed by atoms with Gasteiger partial charge in [0.2, 0.25) is 0 Å². The molecule has 0 amide bonds. The standard InChI is InChI=1S/C25H41N2/c1-3-5-7-9-10-11-16-20-26-21-22-27(23-24-17-13-12-14-18-24)25(26)19-15-8-6-4-2/h12-14,17-18,21-22H,3-11,15-16,19-20,23H2,1-2H3/q+1. The van der Waals surface area contributed by atoms with E-state index >= 15 is 0 Å². The van der Waals surface area contributed by atoms with Crippen molar-refractivity contribution >= 4 is 0 Å². The second kappa shape index (κ2) is 13.6. The van der Waals surface area contributed by atoms with E-state index in [1.165, 1.54) is 95.0 Å². The molecule has 0 atom stereocenters. The SMILES string of the molecule is CCCCCCCCC[n+]1ccn(Cc2ccccc2)c1CCCCCC. The Morgan fingerprint density at radius 2 is 1.37 bits per heavy atom. The molecule has 0 unspecified atom stereocenters. The summed E-state index contributed by atoms with van der Waals surface area (Å²) in [4.78, 5) is 0. The van der Waals surface area contributed by atoms with Gasteiger partial charge in [-0.2, -0.15) is 0 Å². The summed E-state index contributed by atoms with van der Waals surface area (Å²) in [5.74, 6) is 1.51. The van der Waals surface area contributed by atoms with Crippen LogP contribution in [0, 0.1) is 0 Å². The van der Waals surface area contributed by atoms with Gasteiger partial charge in [-0.15, -0.1) is 0 Å². The van der Waals surface area contributed by atoms with E-state index in [0.29, 0.717) is 0 Å². The second-order valence-corrected chi connectivity index (χ2v) is 7.95. The first kappa shape index (κ1) is 21.7. The van der Waals surface area contributed by atoms with Crippen LogP contribution in [0.25, 0.3) is 0 Å². The second-order valence-electron chi connectivity index (χ2n) is 7.95. The van der Waals surface area contributed by atoms with E-state index in [0.717, 1.165) is 6.54 Å². The van der Waals surface area contributed by atoms with Crippen molar-refractivity contribution in [2.75, 3.05) is 0 Å². The normalized spacial score (nSPS) is 11.2. The van der Waals surface area contributed by atoms with Crippen molar-refractivity contribution in [2.45, 2.75) is 104 Å². The molecule has 0 aliphatic rings.